The lowest BCUT2D eigenvalue weighted by Gasteiger charge is -2.20. The zero-order chi connectivity index (χ0) is 14.6. The van der Waals surface area contributed by atoms with Gasteiger partial charge in [-0.05, 0) is 53.1 Å². The summed E-state index contributed by atoms with van der Waals surface area (Å²) in [4.78, 5) is 23.4. The number of hydrogen-bond donors (Lipinski definition) is 2. The van der Waals surface area contributed by atoms with Crippen LogP contribution < -0.4 is 5.32 Å². The second-order valence-corrected chi connectivity index (χ2v) is 5.75. The third kappa shape index (κ3) is 3.92. The maximum atomic E-state index is 12.2. The van der Waals surface area contributed by atoms with Crippen molar-refractivity contribution < 1.29 is 14.7 Å². The summed E-state index contributed by atoms with van der Waals surface area (Å²) in [6.45, 7) is 5.58. The van der Waals surface area contributed by atoms with Gasteiger partial charge in [0.2, 0.25) is 0 Å². The molecule has 0 bridgehead atoms. The minimum atomic E-state index is -0.994. The summed E-state index contributed by atoms with van der Waals surface area (Å²) in [6.07, 6.45) is 0.697. The van der Waals surface area contributed by atoms with Gasteiger partial charge in [0.15, 0.2) is 0 Å². The van der Waals surface area contributed by atoms with E-state index >= 15 is 0 Å². The van der Waals surface area contributed by atoms with Gasteiger partial charge >= 0.3 is 5.97 Å². The molecule has 2 unspecified atom stereocenters. The van der Waals surface area contributed by atoms with Gasteiger partial charge in [-0.1, -0.05) is 26.3 Å². The van der Waals surface area contributed by atoms with Crippen molar-refractivity contribution in [2.24, 2.45) is 5.92 Å². The molecule has 0 heterocycles. The molecule has 2 atom stereocenters. The second-order valence-electron chi connectivity index (χ2n) is 4.59. The van der Waals surface area contributed by atoms with Crippen LogP contribution in [0, 0.1) is 16.4 Å². The number of carbonyl (C=O) groups is 2. The number of aliphatic carboxylic acids is 1. The van der Waals surface area contributed by atoms with Crippen LogP contribution in [0.2, 0.25) is 0 Å². The molecule has 1 aromatic carbocycles. The van der Waals surface area contributed by atoms with Gasteiger partial charge in [0.25, 0.3) is 5.91 Å². The Bertz CT molecular complexity index is 488. The van der Waals surface area contributed by atoms with E-state index in [-0.39, 0.29) is 11.8 Å². The van der Waals surface area contributed by atoms with Gasteiger partial charge in [0.1, 0.15) is 6.04 Å². The smallest absolute Gasteiger partial charge is 0.326 e. The third-order valence-corrected chi connectivity index (χ3v) is 4.45. The molecule has 1 amide bonds. The average Bonchev–Trinajstić information content (AvgIpc) is 2.37. The Morgan fingerprint density at radius 2 is 2.05 bits per heavy atom. The van der Waals surface area contributed by atoms with Crippen LogP contribution in [0.4, 0.5) is 0 Å². The minimum Gasteiger partial charge on any atom is -0.480 e. The fraction of sp³-hybridized carbons (Fsp3) is 0.429. The molecule has 1 rings (SSSR count). The van der Waals surface area contributed by atoms with Gasteiger partial charge in [-0.3, -0.25) is 4.79 Å². The highest BCUT2D eigenvalue weighted by Gasteiger charge is 2.26. The Morgan fingerprint density at radius 3 is 2.58 bits per heavy atom. The molecule has 0 saturated heterocycles. The highest BCUT2D eigenvalue weighted by atomic mass is 127. The van der Waals surface area contributed by atoms with E-state index in [0.29, 0.717) is 12.0 Å². The fourth-order valence-electron chi connectivity index (χ4n) is 1.76. The lowest BCUT2D eigenvalue weighted by Crippen LogP contribution is -2.45. The molecule has 0 radical (unpaired) electrons. The summed E-state index contributed by atoms with van der Waals surface area (Å²) in [5, 5.41) is 11.8. The molecule has 0 saturated carbocycles. The predicted octanol–water partition coefficient (Wildman–Crippen LogP) is 2.83. The second kappa shape index (κ2) is 6.88. The van der Waals surface area contributed by atoms with E-state index in [4.69, 9.17) is 0 Å². The van der Waals surface area contributed by atoms with E-state index in [1.807, 2.05) is 26.8 Å². The Kier molecular flexibility index (Phi) is 5.78. The van der Waals surface area contributed by atoms with E-state index in [1.165, 1.54) is 0 Å². The van der Waals surface area contributed by atoms with Gasteiger partial charge in [0.05, 0.1) is 0 Å². The van der Waals surface area contributed by atoms with E-state index in [9.17, 15) is 14.7 Å². The third-order valence-electron chi connectivity index (χ3n) is 3.28. The number of hydrogen-bond acceptors (Lipinski definition) is 2. The monoisotopic (exact) mass is 375 g/mol. The molecule has 0 fully saturated rings. The molecule has 0 spiro atoms. The van der Waals surface area contributed by atoms with Crippen LogP contribution in [0.1, 0.15) is 36.2 Å². The van der Waals surface area contributed by atoms with Crippen LogP contribution in [-0.4, -0.2) is 23.0 Å². The van der Waals surface area contributed by atoms with E-state index in [1.54, 1.807) is 12.1 Å². The molecule has 5 heteroatoms. The van der Waals surface area contributed by atoms with Gasteiger partial charge in [-0.25, -0.2) is 4.79 Å². The number of rotatable bonds is 5. The first-order valence-corrected chi connectivity index (χ1v) is 7.25. The summed E-state index contributed by atoms with van der Waals surface area (Å²) in [5.74, 6) is -1.43. The Labute approximate surface area is 126 Å². The number of carboxylic acids is 1. The summed E-state index contributed by atoms with van der Waals surface area (Å²) < 4.78 is 0.987. The normalized spacial score (nSPS) is 13.7. The molecule has 0 aliphatic heterocycles. The fourth-order valence-corrected chi connectivity index (χ4v) is 2.25. The van der Waals surface area contributed by atoms with E-state index in [2.05, 4.69) is 27.9 Å². The lowest BCUT2D eigenvalue weighted by atomic mass is 9.98. The molecule has 0 aliphatic rings. The van der Waals surface area contributed by atoms with Gasteiger partial charge in [0, 0.05) is 9.13 Å². The molecule has 0 aromatic heterocycles. The van der Waals surface area contributed by atoms with Crippen LogP contribution in [0.25, 0.3) is 0 Å². The van der Waals surface area contributed by atoms with Crippen molar-refractivity contribution in [2.75, 3.05) is 0 Å². The van der Waals surface area contributed by atoms with Crippen molar-refractivity contribution in [1.82, 2.24) is 5.32 Å². The number of carboxylic acid groups (broad SMARTS) is 1. The van der Waals surface area contributed by atoms with Crippen LogP contribution >= 0.6 is 22.6 Å². The topological polar surface area (TPSA) is 66.4 Å². The SMILES string of the molecule is CCC(C)C(NC(=O)c1cccc(I)c1C)C(=O)O. The van der Waals surface area contributed by atoms with Crippen molar-refractivity contribution in [2.45, 2.75) is 33.2 Å². The summed E-state index contributed by atoms with van der Waals surface area (Å²) in [6, 6.07) is 4.57. The van der Waals surface area contributed by atoms with Crippen molar-refractivity contribution in [1.29, 1.82) is 0 Å². The molecule has 0 aliphatic carbocycles. The van der Waals surface area contributed by atoms with Gasteiger partial charge < -0.3 is 10.4 Å². The molecule has 104 valence electrons. The first kappa shape index (κ1) is 15.9. The van der Waals surface area contributed by atoms with Crippen molar-refractivity contribution in [3.05, 3.63) is 32.9 Å². The van der Waals surface area contributed by atoms with Crippen molar-refractivity contribution in [3.63, 3.8) is 0 Å². The van der Waals surface area contributed by atoms with E-state index < -0.39 is 12.0 Å². The van der Waals surface area contributed by atoms with Gasteiger partial charge in [-0.15, -0.1) is 0 Å². The van der Waals surface area contributed by atoms with Crippen LogP contribution in [-0.2, 0) is 4.79 Å². The highest BCUT2D eigenvalue weighted by molar-refractivity contribution is 14.1. The zero-order valence-electron chi connectivity index (χ0n) is 11.2. The largest absolute Gasteiger partial charge is 0.480 e. The zero-order valence-corrected chi connectivity index (χ0v) is 13.4. The summed E-state index contributed by atoms with van der Waals surface area (Å²) in [5.41, 5.74) is 1.40. The number of nitrogens with one attached hydrogen (secondary N) is 1. The molecule has 2 N–H and O–H groups in total. The lowest BCUT2D eigenvalue weighted by molar-refractivity contribution is -0.140. The van der Waals surface area contributed by atoms with Crippen molar-refractivity contribution >= 4 is 34.5 Å². The number of amides is 1. The molecule has 1 aromatic rings. The first-order chi connectivity index (χ1) is 8.88. The number of carbonyl (C=O) groups excluding carboxylic acids is 1. The Balaban J connectivity index is 2.94. The molecular weight excluding hydrogens is 357 g/mol. The van der Waals surface area contributed by atoms with Crippen LogP contribution in [0.15, 0.2) is 18.2 Å². The molecular formula is C14H18INO3. The van der Waals surface area contributed by atoms with Crippen LogP contribution in [0.3, 0.4) is 0 Å². The quantitative estimate of drug-likeness (QED) is 0.778. The molecule has 19 heavy (non-hydrogen) atoms. The Morgan fingerprint density at radius 1 is 1.42 bits per heavy atom. The van der Waals surface area contributed by atoms with Crippen molar-refractivity contribution in [3.8, 4) is 0 Å². The average molecular weight is 375 g/mol. The van der Waals surface area contributed by atoms with Gasteiger partial charge in [-0.2, -0.15) is 0 Å². The Hall–Kier alpha value is -1.11. The number of benzene rings is 1. The van der Waals surface area contributed by atoms with Crippen LogP contribution in [0.5, 0.6) is 0 Å². The predicted molar refractivity (Wildman–Crippen MR) is 82.2 cm³/mol. The van der Waals surface area contributed by atoms with E-state index in [0.717, 1.165) is 9.13 Å². The number of halogens is 1. The molecule has 4 nitrogen and oxygen atoms in total. The highest BCUT2D eigenvalue weighted by Crippen LogP contribution is 2.16. The maximum absolute atomic E-state index is 12.2. The maximum Gasteiger partial charge on any atom is 0.326 e. The first-order valence-electron chi connectivity index (χ1n) is 6.17. The summed E-state index contributed by atoms with van der Waals surface area (Å²) >= 11 is 2.15. The standard InChI is InChI=1S/C14H18INO3/c1-4-8(2)12(14(18)19)16-13(17)10-6-5-7-11(15)9(10)3/h5-8,12H,4H2,1-3H3,(H,16,17)(H,18,19). The summed E-state index contributed by atoms with van der Waals surface area (Å²) in [7, 11) is 0. The minimum absolute atomic E-state index is 0.107.